The number of thioether (sulfide) groups is 1. The van der Waals surface area contributed by atoms with Crippen LogP contribution in [0.25, 0.3) is 0 Å². The van der Waals surface area contributed by atoms with Crippen molar-refractivity contribution in [2.24, 2.45) is 5.92 Å². The van der Waals surface area contributed by atoms with Crippen LogP contribution >= 0.6 is 11.8 Å². The van der Waals surface area contributed by atoms with Crippen molar-refractivity contribution in [3.63, 3.8) is 0 Å². The van der Waals surface area contributed by atoms with Crippen LogP contribution in [0.5, 0.6) is 0 Å². The van der Waals surface area contributed by atoms with Crippen molar-refractivity contribution in [1.29, 1.82) is 0 Å². The molecule has 0 radical (unpaired) electrons. The average Bonchev–Trinajstić information content (AvgIpc) is 3.23. The normalized spacial score (nSPS) is 17.2. The van der Waals surface area contributed by atoms with Gasteiger partial charge < -0.3 is 10.2 Å². The highest BCUT2D eigenvalue weighted by atomic mass is 32.2. The van der Waals surface area contributed by atoms with Crippen molar-refractivity contribution < 1.29 is 9.59 Å². The number of nitrogens with one attached hydrogen (secondary N) is 2. The number of pyridine rings is 1. The second-order valence-corrected chi connectivity index (χ2v) is 6.56. The van der Waals surface area contributed by atoms with Gasteiger partial charge in [-0.3, -0.25) is 14.6 Å². The molecule has 2 aromatic heterocycles. The van der Waals surface area contributed by atoms with E-state index in [0.717, 1.165) is 10.7 Å². The number of likely N-dealkylation sites (tertiary alicyclic amines) is 1. The Morgan fingerprint density at radius 2 is 2.38 bits per heavy atom. The third-order valence-electron chi connectivity index (χ3n) is 3.71. The Morgan fingerprint density at radius 3 is 3.12 bits per heavy atom. The first kappa shape index (κ1) is 16.4. The first-order chi connectivity index (χ1) is 11.7. The number of aromatic nitrogens is 4. The Balaban J connectivity index is 1.42. The van der Waals surface area contributed by atoms with Gasteiger partial charge >= 0.3 is 0 Å². The first-order valence-corrected chi connectivity index (χ1v) is 8.65. The van der Waals surface area contributed by atoms with Crippen LogP contribution in [0.1, 0.15) is 12.1 Å². The smallest absolute Gasteiger partial charge is 0.225 e. The highest BCUT2D eigenvalue weighted by Crippen LogP contribution is 2.20. The predicted molar refractivity (Wildman–Crippen MR) is 87.9 cm³/mol. The molecule has 1 fully saturated rings. The minimum atomic E-state index is -0.293. The summed E-state index contributed by atoms with van der Waals surface area (Å²) in [5.74, 6) is 0.333. The molecule has 0 bridgehead atoms. The Hall–Kier alpha value is -2.42. The Kier molecular flexibility index (Phi) is 5.42. The summed E-state index contributed by atoms with van der Waals surface area (Å²) in [5.41, 5.74) is 0.830. The van der Waals surface area contributed by atoms with E-state index in [1.807, 2.05) is 18.2 Å². The molecule has 8 nitrogen and oxygen atoms in total. The lowest BCUT2D eigenvalue weighted by molar-refractivity contribution is -0.129. The van der Waals surface area contributed by atoms with Gasteiger partial charge in [0, 0.05) is 31.5 Å². The summed E-state index contributed by atoms with van der Waals surface area (Å²) in [4.78, 5) is 30.2. The maximum absolute atomic E-state index is 12.2. The lowest BCUT2D eigenvalue weighted by atomic mass is 10.1. The van der Waals surface area contributed by atoms with Gasteiger partial charge in [-0.25, -0.2) is 0 Å². The maximum Gasteiger partial charge on any atom is 0.225 e. The Morgan fingerprint density at radius 1 is 1.46 bits per heavy atom. The standard InChI is InChI=1S/C15H18N6O2S/c22-14-7-11(9-21(14)10-12-3-1-2-4-16-12)15(23)17-5-6-24-13-8-18-20-19-13/h1-4,8,11H,5-7,9-10H2,(H,17,23)(H,18,19,20)/t11-/m0/s1. The van der Waals surface area contributed by atoms with Crippen LogP contribution in [-0.2, 0) is 16.1 Å². The third kappa shape index (κ3) is 4.31. The molecule has 2 aromatic rings. The van der Waals surface area contributed by atoms with E-state index in [-0.39, 0.29) is 24.2 Å². The number of nitrogens with zero attached hydrogens (tertiary/aromatic N) is 4. The van der Waals surface area contributed by atoms with Gasteiger partial charge in [0.05, 0.1) is 24.4 Å². The zero-order valence-electron chi connectivity index (χ0n) is 13.0. The van der Waals surface area contributed by atoms with E-state index in [9.17, 15) is 9.59 Å². The molecule has 1 atom stereocenters. The fourth-order valence-electron chi connectivity index (χ4n) is 2.52. The van der Waals surface area contributed by atoms with Crippen LogP contribution in [-0.4, -0.2) is 56.0 Å². The van der Waals surface area contributed by atoms with Crippen LogP contribution in [0, 0.1) is 5.92 Å². The molecule has 24 heavy (non-hydrogen) atoms. The molecular weight excluding hydrogens is 328 g/mol. The summed E-state index contributed by atoms with van der Waals surface area (Å²) in [6.07, 6.45) is 3.60. The van der Waals surface area contributed by atoms with Gasteiger partial charge in [-0.2, -0.15) is 10.3 Å². The molecule has 1 aliphatic heterocycles. The summed E-state index contributed by atoms with van der Waals surface area (Å²) in [6, 6.07) is 5.60. The van der Waals surface area contributed by atoms with E-state index in [1.165, 1.54) is 11.8 Å². The molecule has 0 spiro atoms. The molecule has 126 valence electrons. The quantitative estimate of drug-likeness (QED) is 0.557. The van der Waals surface area contributed by atoms with Gasteiger partial charge in [0.2, 0.25) is 11.8 Å². The molecule has 1 aliphatic rings. The fraction of sp³-hybridized carbons (Fsp3) is 0.400. The minimum absolute atomic E-state index is 0.00206. The highest BCUT2D eigenvalue weighted by Gasteiger charge is 2.34. The lowest BCUT2D eigenvalue weighted by Crippen LogP contribution is -2.34. The summed E-state index contributed by atoms with van der Waals surface area (Å²) in [5, 5.41) is 13.9. The van der Waals surface area contributed by atoms with Gasteiger partial charge in [-0.05, 0) is 12.1 Å². The van der Waals surface area contributed by atoms with Crippen molar-refractivity contribution in [2.45, 2.75) is 18.0 Å². The van der Waals surface area contributed by atoms with E-state index in [4.69, 9.17) is 0 Å². The molecule has 0 aromatic carbocycles. The first-order valence-electron chi connectivity index (χ1n) is 7.66. The predicted octanol–water partition coefficient (Wildman–Crippen LogP) is 0.457. The minimum Gasteiger partial charge on any atom is -0.355 e. The second kappa shape index (κ2) is 7.91. The summed E-state index contributed by atoms with van der Waals surface area (Å²) >= 11 is 1.51. The van der Waals surface area contributed by atoms with Crippen molar-refractivity contribution in [1.82, 2.24) is 30.6 Å². The van der Waals surface area contributed by atoms with E-state index in [1.54, 1.807) is 17.3 Å². The van der Waals surface area contributed by atoms with Gasteiger partial charge in [0.1, 0.15) is 5.03 Å². The summed E-state index contributed by atoms with van der Waals surface area (Å²) < 4.78 is 0. The molecule has 0 saturated carbocycles. The zero-order valence-corrected chi connectivity index (χ0v) is 13.8. The number of carbonyl (C=O) groups is 2. The number of hydrogen-bond acceptors (Lipinski definition) is 6. The number of carbonyl (C=O) groups excluding carboxylic acids is 2. The van der Waals surface area contributed by atoms with Crippen LogP contribution < -0.4 is 5.32 Å². The van der Waals surface area contributed by atoms with Crippen molar-refractivity contribution in [3.8, 4) is 0 Å². The SMILES string of the molecule is O=C(NCCSc1cn[nH]n1)[C@H]1CC(=O)N(Cc2ccccn2)C1. The van der Waals surface area contributed by atoms with Crippen LogP contribution in [0.15, 0.2) is 35.6 Å². The molecule has 3 rings (SSSR count). The second-order valence-electron chi connectivity index (χ2n) is 5.44. The van der Waals surface area contributed by atoms with E-state index in [0.29, 0.717) is 25.4 Å². The fourth-order valence-corrected chi connectivity index (χ4v) is 3.17. The average molecular weight is 346 g/mol. The largest absolute Gasteiger partial charge is 0.355 e. The van der Waals surface area contributed by atoms with E-state index in [2.05, 4.69) is 25.7 Å². The third-order valence-corrected chi connectivity index (χ3v) is 4.61. The number of H-pyrrole nitrogens is 1. The molecule has 9 heteroatoms. The zero-order chi connectivity index (χ0) is 16.8. The number of hydrogen-bond donors (Lipinski definition) is 2. The van der Waals surface area contributed by atoms with E-state index >= 15 is 0 Å². The number of aromatic amines is 1. The summed E-state index contributed by atoms with van der Waals surface area (Å²) in [7, 11) is 0. The molecule has 0 unspecified atom stereocenters. The summed E-state index contributed by atoms with van der Waals surface area (Å²) in [6.45, 7) is 1.42. The van der Waals surface area contributed by atoms with Gasteiger partial charge in [-0.1, -0.05) is 6.07 Å². The molecule has 0 aliphatic carbocycles. The number of rotatable bonds is 7. The van der Waals surface area contributed by atoms with Crippen LogP contribution in [0.3, 0.4) is 0 Å². The number of amides is 2. The van der Waals surface area contributed by atoms with Crippen molar-refractivity contribution in [2.75, 3.05) is 18.8 Å². The topological polar surface area (TPSA) is 104 Å². The van der Waals surface area contributed by atoms with Crippen LogP contribution in [0.4, 0.5) is 0 Å². The van der Waals surface area contributed by atoms with Gasteiger partial charge in [0.25, 0.3) is 0 Å². The Labute approximate surface area is 143 Å². The lowest BCUT2D eigenvalue weighted by Gasteiger charge is -2.16. The molecule has 2 N–H and O–H groups in total. The monoisotopic (exact) mass is 346 g/mol. The molecule has 1 saturated heterocycles. The Bertz CT molecular complexity index is 679. The van der Waals surface area contributed by atoms with Crippen molar-refractivity contribution >= 4 is 23.6 Å². The molecule has 2 amide bonds. The van der Waals surface area contributed by atoms with Crippen molar-refractivity contribution in [3.05, 3.63) is 36.3 Å². The van der Waals surface area contributed by atoms with E-state index < -0.39 is 0 Å². The molecule has 3 heterocycles. The van der Waals surface area contributed by atoms with Gasteiger partial charge in [0.15, 0.2) is 0 Å². The van der Waals surface area contributed by atoms with Gasteiger partial charge in [-0.15, -0.1) is 16.9 Å². The highest BCUT2D eigenvalue weighted by molar-refractivity contribution is 7.99. The van der Waals surface area contributed by atoms with Crippen LogP contribution in [0.2, 0.25) is 0 Å². The molecular formula is C15H18N6O2S. The maximum atomic E-state index is 12.2.